The van der Waals surface area contributed by atoms with Gasteiger partial charge < -0.3 is 9.47 Å². The van der Waals surface area contributed by atoms with E-state index in [0.717, 1.165) is 18.1 Å². The molecule has 2 rings (SSSR count). The maximum atomic E-state index is 6.05. The van der Waals surface area contributed by atoms with Gasteiger partial charge in [-0.25, -0.2) is 0 Å². The van der Waals surface area contributed by atoms with Crippen molar-refractivity contribution in [3.05, 3.63) is 59.7 Å². The molecule has 0 spiro atoms. The summed E-state index contributed by atoms with van der Waals surface area (Å²) in [6, 6.07) is 17.0. The van der Waals surface area contributed by atoms with Crippen LogP contribution in [0.2, 0.25) is 0 Å². The van der Waals surface area contributed by atoms with Crippen molar-refractivity contribution in [1.82, 2.24) is 0 Å². The summed E-state index contributed by atoms with van der Waals surface area (Å²) in [6.07, 6.45) is 0. The van der Waals surface area contributed by atoms with Crippen molar-refractivity contribution in [1.29, 1.82) is 0 Å². The molecule has 0 radical (unpaired) electrons. The molecule has 0 unspecified atom stereocenters. The first kappa shape index (κ1) is 22.3. The van der Waals surface area contributed by atoms with Crippen LogP contribution in [0.5, 0.6) is 11.5 Å². The van der Waals surface area contributed by atoms with Crippen molar-refractivity contribution in [3.8, 4) is 11.5 Å². The highest BCUT2D eigenvalue weighted by Gasteiger charge is 2.25. The zero-order valence-corrected chi connectivity index (χ0v) is 19.2. The zero-order chi connectivity index (χ0) is 21.2. The quantitative estimate of drug-likeness (QED) is 0.502. The summed E-state index contributed by atoms with van der Waals surface area (Å²) in [5.41, 5.74) is 2.43. The van der Waals surface area contributed by atoms with Gasteiger partial charge in [-0.15, -0.1) is 0 Å². The van der Waals surface area contributed by atoms with Gasteiger partial charge in [0.25, 0.3) is 0 Å². The molecule has 2 aromatic carbocycles. The van der Waals surface area contributed by atoms with Crippen molar-refractivity contribution in [2.75, 3.05) is 6.61 Å². The fraction of sp³-hybridized carbons (Fsp3) is 0.538. The third-order valence-electron chi connectivity index (χ3n) is 5.75. The molecule has 0 N–H and O–H groups in total. The van der Waals surface area contributed by atoms with Crippen LogP contribution in [0.3, 0.4) is 0 Å². The van der Waals surface area contributed by atoms with E-state index < -0.39 is 0 Å². The second-order valence-corrected chi connectivity index (χ2v) is 10.3. The van der Waals surface area contributed by atoms with Crippen LogP contribution in [0.25, 0.3) is 0 Å². The Balaban J connectivity index is 2.11. The standard InChI is InChI=1S/C26H38O2/c1-19(2)25(6,7)18-27-22-14-10-20(11-15-22)26(8,9)21-12-16-23(17-13-21)28-24(3,4)5/h10-17,19H,18H2,1-9H3. The molecule has 0 aromatic heterocycles. The maximum absolute atomic E-state index is 6.05. The van der Waals surface area contributed by atoms with Crippen LogP contribution in [0, 0.1) is 11.3 Å². The van der Waals surface area contributed by atoms with Crippen molar-refractivity contribution < 1.29 is 9.47 Å². The molecule has 0 fully saturated rings. The summed E-state index contributed by atoms with van der Waals surface area (Å²) < 4.78 is 12.0. The van der Waals surface area contributed by atoms with Crippen molar-refractivity contribution in [3.63, 3.8) is 0 Å². The van der Waals surface area contributed by atoms with Crippen LogP contribution in [-0.4, -0.2) is 12.2 Å². The highest BCUT2D eigenvalue weighted by atomic mass is 16.5. The highest BCUT2D eigenvalue weighted by Crippen LogP contribution is 2.34. The minimum atomic E-state index is -0.184. The minimum absolute atomic E-state index is 0.0873. The third-order valence-corrected chi connectivity index (χ3v) is 5.75. The Morgan fingerprint density at radius 3 is 1.50 bits per heavy atom. The average molecular weight is 383 g/mol. The molecule has 0 aliphatic rings. The lowest BCUT2D eigenvalue weighted by molar-refractivity contribution is 0.130. The molecule has 2 nitrogen and oxygen atoms in total. The second-order valence-electron chi connectivity index (χ2n) is 10.3. The Bertz CT molecular complexity index is 745. The molecule has 0 amide bonds. The van der Waals surface area contributed by atoms with Gasteiger partial charge in [0.1, 0.15) is 17.1 Å². The van der Waals surface area contributed by atoms with E-state index in [4.69, 9.17) is 9.47 Å². The number of hydrogen-bond acceptors (Lipinski definition) is 2. The van der Waals surface area contributed by atoms with Gasteiger partial charge in [-0.05, 0) is 62.1 Å². The second kappa shape index (κ2) is 8.19. The van der Waals surface area contributed by atoms with Gasteiger partial charge in [-0.3, -0.25) is 0 Å². The van der Waals surface area contributed by atoms with E-state index in [1.54, 1.807) is 0 Å². The number of rotatable bonds is 7. The van der Waals surface area contributed by atoms with Crippen LogP contribution in [-0.2, 0) is 5.41 Å². The molecule has 0 saturated carbocycles. The summed E-state index contributed by atoms with van der Waals surface area (Å²) in [6.45, 7) is 20.4. The number of benzene rings is 2. The van der Waals surface area contributed by atoms with E-state index >= 15 is 0 Å². The molecule has 0 saturated heterocycles. The van der Waals surface area contributed by atoms with E-state index in [0.29, 0.717) is 5.92 Å². The summed E-state index contributed by atoms with van der Waals surface area (Å²) >= 11 is 0. The summed E-state index contributed by atoms with van der Waals surface area (Å²) in [7, 11) is 0. The SMILES string of the molecule is CC(C)C(C)(C)COc1ccc(C(C)(C)c2ccc(OC(C)(C)C)cc2)cc1. The van der Waals surface area contributed by atoms with Crippen molar-refractivity contribution >= 4 is 0 Å². The lowest BCUT2D eigenvalue weighted by Gasteiger charge is -2.29. The van der Waals surface area contributed by atoms with Crippen LogP contribution in [0.4, 0.5) is 0 Å². The van der Waals surface area contributed by atoms with Crippen molar-refractivity contribution in [2.45, 2.75) is 73.3 Å². The van der Waals surface area contributed by atoms with Crippen LogP contribution in [0.15, 0.2) is 48.5 Å². The number of hydrogen-bond donors (Lipinski definition) is 0. The molecule has 28 heavy (non-hydrogen) atoms. The first-order chi connectivity index (χ1) is 12.8. The molecule has 2 heteroatoms. The summed E-state index contributed by atoms with van der Waals surface area (Å²) in [5.74, 6) is 2.42. The Hall–Kier alpha value is -1.96. The van der Waals surface area contributed by atoms with Crippen LogP contribution in [0.1, 0.15) is 73.4 Å². The van der Waals surface area contributed by atoms with E-state index in [2.05, 4.69) is 111 Å². The van der Waals surface area contributed by atoms with E-state index in [-0.39, 0.29) is 16.4 Å². The van der Waals surface area contributed by atoms with Gasteiger partial charge in [0.05, 0.1) is 6.61 Å². The smallest absolute Gasteiger partial charge is 0.120 e. The van der Waals surface area contributed by atoms with Gasteiger partial charge in [0.2, 0.25) is 0 Å². The molecule has 0 heterocycles. The van der Waals surface area contributed by atoms with Crippen molar-refractivity contribution in [2.24, 2.45) is 11.3 Å². The van der Waals surface area contributed by atoms with Gasteiger partial charge in [-0.1, -0.05) is 65.8 Å². The van der Waals surface area contributed by atoms with Crippen LogP contribution >= 0.6 is 0 Å². The Morgan fingerprint density at radius 2 is 1.11 bits per heavy atom. The predicted octanol–water partition coefficient (Wildman–Crippen LogP) is 7.25. The fourth-order valence-corrected chi connectivity index (χ4v) is 2.86. The molecule has 2 aromatic rings. The molecule has 0 bridgehead atoms. The van der Waals surface area contributed by atoms with E-state index in [1.165, 1.54) is 11.1 Å². The zero-order valence-electron chi connectivity index (χ0n) is 19.2. The monoisotopic (exact) mass is 382 g/mol. The molecule has 154 valence electrons. The lowest BCUT2D eigenvalue weighted by Crippen LogP contribution is -2.27. The highest BCUT2D eigenvalue weighted by molar-refractivity contribution is 5.41. The topological polar surface area (TPSA) is 18.5 Å². The molecule has 0 aliphatic heterocycles. The van der Waals surface area contributed by atoms with Gasteiger partial charge in [0.15, 0.2) is 0 Å². The minimum Gasteiger partial charge on any atom is -0.493 e. The Kier molecular flexibility index (Phi) is 6.53. The van der Waals surface area contributed by atoms with E-state index in [9.17, 15) is 0 Å². The van der Waals surface area contributed by atoms with E-state index in [1.807, 2.05) is 0 Å². The summed E-state index contributed by atoms with van der Waals surface area (Å²) in [5, 5.41) is 0. The molecule has 0 atom stereocenters. The first-order valence-corrected chi connectivity index (χ1v) is 10.3. The normalized spacial score (nSPS) is 12.9. The van der Waals surface area contributed by atoms with Gasteiger partial charge in [0, 0.05) is 10.8 Å². The third kappa shape index (κ3) is 5.77. The predicted molar refractivity (Wildman–Crippen MR) is 120 cm³/mol. The Labute approximate surface area is 172 Å². The van der Waals surface area contributed by atoms with Crippen LogP contribution < -0.4 is 9.47 Å². The van der Waals surface area contributed by atoms with Gasteiger partial charge >= 0.3 is 0 Å². The average Bonchev–Trinajstić information content (AvgIpc) is 2.59. The maximum Gasteiger partial charge on any atom is 0.120 e. The first-order valence-electron chi connectivity index (χ1n) is 10.3. The van der Waals surface area contributed by atoms with Gasteiger partial charge in [-0.2, -0.15) is 0 Å². The molecular weight excluding hydrogens is 344 g/mol. The fourth-order valence-electron chi connectivity index (χ4n) is 2.86. The number of ether oxygens (including phenoxy) is 2. The summed E-state index contributed by atoms with van der Waals surface area (Å²) in [4.78, 5) is 0. The lowest BCUT2D eigenvalue weighted by atomic mass is 9.78. The molecule has 0 aliphatic carbocycles. The molecular formula is C26H38O2. The Morgan fingerprint density at radius 1 is 0.679 bits per heavy atom. The largest absolute Gasteiger partial charge is 0.493 e.